The first-order valence-corrected chi connectivity index (χ1v) is 11.8. The van der Waals surface area contributed by atoms with Gasteiger partial charge in [0.25, 0.3) is 0 Å². The fourth-order valence-electron chi connectivity index (χ4n) is 3.45. The van der Waals surface area contributed by atoms with Gasteiger partial charge < -0.3 is 14.7 Å². The standard InChI is InChI=1S/C20H25N5OS2/c26-20(25-8-6-23(7-9-25)17-4-2-1-3-5-17)15-28-19-14-18(21-16-22-19)24-10-12-27-13-11-24/h1-5,14,16H,6-13,15H2. The van der Waals surface area contributed by atoms with Gasteiger partial charge in [-0.1, -0.05) is 30.0 Å². The van der Waals surface area contributed by atoms with Gasteiger partial charge in [-0.3, -0.25) is 4.79 Å². The molecule has 0 atom stereocenters. The highest BCUT2D eigenvalue weighted by Gasteiger charge is 2.21. The Morgan fingerprint density at radius 3 is 2.46 bits per heavy atom. The summed E-state index contributed by atoms with van der Waals surface area (Å²) in [5.74, 6) is 3.87. The summed E-state index contributed by atoms with van der Waals surface area (Å²) in [5, 5.41) is 0.875. The largest absolute Gasteiger partial charge is 0.368 e. The number of piperazine rings is 1. The molecule has 1 aromatic carbocycles. The number of hydrogen-bond donors (Lipinski definition) is 0. The first-order chi connectivity index (χ1) is 13.8. The van der Waals surface area contributed by atoms with Gasteiger partial charge in [-0.25, -0.2) is 9.97 Å². The zero-order chi connectivity index (χ0) is 19.2. The van der Waals surface area contributed by atoms with E-state index < -0.39 is 0 Å². The topological polar surface area (TPSA) is 52.6 Å². The van der Waals surface area contributed by atoms with Crippen LogP contribution in [0.4, 0.5) is 11.5 Å². The lowest BCUT2D eigenvalue weighted by atomic mass is 10.2. The van der Waals surface area contributed by atoms with Crippen LogP contribution in [0, 0.1) is 0 Å². The van der Waals surface area contributed by atoms with Crippen molar-refractivity contribution in [2.24, 2.45) is 0 Å². The van der Waals surface area contributed by atoms with Gasteiger partial charge in [0.1, 0.15) is 17.2 Å². The SMILES string of the molecule is O=C(CSc1cc(N2CCSCC2)ncn1)N1CCN(c2ccccc2)CC1. The minimum absolute atomic E-state index is 0.187. The maximum atomic E-state index is 12.6. The number of benzene rings is 1. The van der Waals surface area contributed by atoms with Gasteiger partial charge in [0, 0.05) is 62.5 Å². The molecule has 0 saturated carbocycles. The Labute approximate surface area is 174 Å². The molecule has 1 amide bonds. The van der Waals surface area contributed by atoms with Crippen LogP contribution in [-0.4, -0.2) is 77.3 Å². The summed E-state index contributed by atoms with van der Waals surface area (Å²) in [7, 11) is 0. The number of amides is 1. The second-order valence-corrected chi connectivity index (χ2v) is 9.03. The van der Waals surface area contributed by atoms with E-state index in [0.717, 1.165) is 61.6 Å². The van der Waals surface area contributed by atoms with E-state index in [-0.39, 0.29) is 5.91 Å². The summed E-state index contributed by atoms with van der Waals surface area (Å²) in [4.78, 5) is 28.0. The third-order valence-corrected chi connectivity index (χ3v) is 6.91. The Morgan fingerprint density at radius 1 is 0.964 bits per heavy atom. The summed E-state index contributed by atoms with van der Waals surface area (Å²) in [6.45, 7) is 5.35. The monoisotopic (exact) mass is 415 g/mol. The first-order valence-electron chi connectivity index (χ1n) is 9.65. The van der Waals surface area contributed by atoms with Crippen molar-refractivity contribution in [2.75, 3.05) is 66.3 Å². The molecule has 4 rings (SSSR count). The molecular weight excluding hydrogens is 390 g/mol. The van der Waals surface area contributed by atoms with E-state index in [0.29, 0.717) is 5.75 Å². The highest BCUT2D eigenvalue weighted by atomic mass is 32.2. The number of para-hydroxylation sites is 1. The van der Waals surface area contributed by atoms with Crippen LogP contribution in [0.15, 0.2) is 47.8 Å². The van der Waals surface area contributed by atoms with Crippen LogP contribution < -0.4 is 9.80 Å². The number of carbonyl (C=O) groups excluding carboxylic acids is 1. The van der Waals surface area contributed by atoms with Gasteiger partial charge in [-0.2, -0.15) is 11.8 Å². The van der Waals surface area contributed by atoms with E-state index >= 15 is 0 Å². The lowest BCUT2D eigenvalue weighted by Crippen LogP contribution is -2.49. The molecule has 2 aliphatic heterocycles. The molecule has 0 aliphatic carbocycles. The van der Waals surface area contributed by atoms with Crippen LogP contribution >= 0.6 is 23.5 Å². The average molecular weight is 416 g/mol. The van der Waals surface area contributed by atoms with Gasteiger partial charge in [-0.05, 0) is 12.1 Å². The molecule has 148 valence electrons. The van der Waals surface area contributed by atoms with Gasteiger partial charge in [0.15, 0.2) is 0 Å². The number of rotatable bonds is 5. The van der Waals surface area contributed by atoms with Crippen molar-refractivity contribution in [1.29, 1.82) is 0 Å². The second-order valence-electron chi connectivity index (χ2n) is 6.81. The zero-order valence-corrected chi connectivity index (χ0v) is 17.5. The highest BCUT2D eigenvalue weighted by Crippen LogP contribution is 2.23. The van der Waals surface area contributed by atoms with Crippen molar-refractivity contribution in [3.05, 3.63) is 42.7 Å². The number of nitrogens with zero attached hydrogens (tertiary/aromatic N) is 5. The summed E-state index contributed by atoms with van der Waals surface area (Å²) in [6.07, 6.45) is 1.61. The van der Waals surface area contributed by atoms with Crippen LogP contribution in [0.5, 0.6) is 0 Å². The molecule has 2 aromatic rings. The Hall–Kier alpha value is -1.93. The van der Waals surface area contributed by atoms with Gasteiger partial charge in [-0.15, -0.1) is 0 Å². The fourth-order valence-corrected chi connectivity index (χ4v) is 5.12. The van der Waals surface area contributed by atoms with Crippen LogP contribution in [0.25, 0.3) is 0 Å². The lowest BCUT2D eigenvalue weighted by molar-refractivity contribution is -0.128. The molecule has 2 aliphatic rings. The molecule has 8 heteroatoms. The summed E-state index contributed by atoms with van der Waals surface area (Å²) < 4.78 is 0. The lowest BCUT2D eigenvalue weighted by Gasteiger charge is -2.36. The van der Waals surface area contributed by atoms with Gasteiger partial charge >= 0.3 is 0 Å². The summed E-state index contributed by atoms with van der Waals surface area (Å²) >= 11 is 3.49. The van der Waals surface area contributed by atoms with Gasteiger partial charge in [0.2, 0.25) is 5.91 Å². The third-order valence-electron chi connectivity index (χ3n) is 5.06. The van der Waals surface area contributed by atoms with Crippen molar-refractivity contribution in [3.8, 4) is 0 Å². The van der Waals surface area contributed by atoms with Crippen LogP contribution in [-0.2, 0) is 4.79 Å². The van der Waals surface area contributed by atoms with Crippen molar-refractivity contribution < 1.29 is 4.79 Å². The molecule has 2 fully saturated rings. The quantitative estimate of drug-likeness (QED) is 0.549. The molecule has 0 radical (unpaired) electrons. The summed E-state index contributed by atoms with van der Waals surface area (Å²) in [6, 6.07) is 12.4. The Balaban J connectivity index is 1.27. The minimum atomic E-state index is 0.187. The minimum Gasteiger partial charge on any atom is -0.368 e. The molecule has 0 unspecified atom stereocenters. The third kappa shape index (κ3) is 4.91. The predicted octanol–water partition coefficient (Wildman–Crippen LogP) is 2.47. The number of anilines is 2. The van der Waals surface area contributed by atoms with Crippen LogP contribution in [0.2, 0.25) is 0 Å². The number of thioether (sulfide) groups is 2. The molecule has 0 bridgehead atoms. The second kappa shape index (κ2) is 9.52. The first kappa shape index (κ1) is 19.4. The fraction of sp³-hybridized carbons (Fsp3) is 0.450. The molecule has 6 nitrogen and oxygen atoms in total. The maximum absolute atomic E-state index is 12.6. The van der Waals surface area contributed by atoms with Gasteiger partial charge in [0.05, 0.1) is 5.75 Å². The van der Waals surface area contributed by atoms with Crippen LogP contribution in [0.3, 0.4) is 0 Å². The number of hydrogen-bond acceptors (Lipinski definition) is 7. The molecule has 0 N–H and O–H groups in total. The molecule has 2 saturated heterocycles. The average Bonchev–Trinajstić information content (AvgIpc) is 2.79. The van der Waals surface area contributed by atoms with E-state index in [1.807, 2.05) is 28.8 Å². The van der Waals surface area contributed by atoms with E-state index in [1.165, 1.54) is 17.4 Å². The predicted molar refractivity (Wildman–Crippen MR) is 118 cm³/mol. The van der Waals surface area contributed by atoms with Crippen molar-refractivity contribution in [3.63, 3.8) is 0 Å². The van der Waals surface area contributed by atoms with E-state index in [2.05, 4.69) is 44.0 Å². The number of carbonyl (C=O) groups is 1. The zero-order valence-electron chi connectivity index (χ0n) is 15.9. The molecule has 0 spiro atoms. The normalized spacial score (nSPS) is 17.6. The van der Waals surface area contributed by atoms with Crippen molar-refractivity contribution in [2.45, 2.75) is 5.03 Å². The van der Waals surface area contributed by atoms with E-state index in [1.54, 1.807) is 6.33 Å². The Morgan fingerprint density at radius 2 is 1.71 bits per heavy atom. The molecule has 3 heterocycles. The van der Waals surface area contributed by atoms with E-state index in [4.69, 9.17) is 0 Å². The maximum Gasteiger partial charge on any atom is 0.233 e. The van der Waals surface area contributed by atoms with Crippen molar-refractivity contribution in [1.82, 2.24) is 14.9 Å². The van der Waals surface area contributed by atoms with Crippen molar-refractivity contribution >= 4 is 40.9 Å². The summed E-state index contributed by atoms with van der Waals surface area (Å²) in [5.41, 5.74) is 1.23. The number of aromatic nitrogens is 2. The molecule has 1 aromatic heterocycles. The highest BCUT2D eigenvalue weighted by molar-refractivity contribution is 8.00. The van der Waals surface area contributed by atoms with E-state index in [9.17, 15) is 4.79 Å². The smallest absolute Gasteiger partial charge is 0.233 e. The molecule has 28 heavy (non-hydrogen) atoms. The Kier molecular flexibility index (Phi) is 6.59. The Bertz CT molecular complexity index is 777. The van der Waals surface area contributed by atoms with Crippen LogP contribution in [0.1, 0.15) is 0 Å². The molecular formula is C20H25N5OS2.